The Hall–Kier alpha value is -5.19. The van der Waals surface area contributed by atoms with Crippen molar-refractivity contribution in [3.63, 3.8) is 0 Å². The van der Waals surface area contributed by atoms with Gasteiger partial charge in [0.05, 0.1) is 28.0 Å². The number of benzene rings is 4. The van der Waals surface area contributed by atoms with Crippen LogP contribution in [0.25, 0.3) is 22.0 Å². The molecule has 2 amide bonds. The van der Waals surface area contributed by atoms with Gasteiger partial charge in [-0.2, -0.15) is 26.3 Å². The Balaban J connectivity index is 1.79. The van der Waals surface area contributed by atoms with Crippen LogP contribution >= 0.6 is 0 Å². The van der Waals surface area contributed by atoms with Crippen molar-refractivity contribution >= 4 is 34.1 Å². The number of hydrogen-bond donors (Lipinski definition) is 1. The average Bonchev–Trinajstić information content (AvgIpc) is 2.95. The van der Waals surface area contributed by atoms with E-state index in [1.54, 1.807) is 18.2 Å². The predicted octanol–water partition coefficient (Wildman–Crippen LogP) is 8.39. The number of urea groups is 1. The number of nitrogens with zero attached hydrogens (tertiary/aromatic N) is 2. The van der Waals surface area contributed by atoms with Crippen molar-refractivity contribution in [2.45, 2.75) is 12.4 Å². The number of amides is 2. The van der Waals surface area contributed by atoms with Gasteiger partial charge < -0.3 is 5.73 Å². The molecule has 212 valence electrons. The smallest absolute Gasteiger partial charge is 0.351 e. The molecule has 42 heavy (non-hydrogen) atoms. The third-order valence-corrected chi connectivity index (χ3v) is 6.55. The largest absolute Gasteiger partial charge is 0.418 e. The maximum atomic E-state index is 13.9. The van der Waals surface area contributed by atoms with Crippen LogP contribution in [-0.2, 0) is 12.4 Å². The maximum absolute atomic E-state index is 13.9. The van der Waals surface area contributed by atoms with Crippen molar-refractivity contribution < 1.29 is 35.9 Å². The minimum Gasteiger partial charge on any atom is -0.351 e. The lowest BCUT2D eigenvalue weighted by Gasteiger charge is -2.25. The third-order valence-electron chi connectivity index (χ3n) is 6.55. The molecule has 11 heteroatoms. The summed E-state index contributed by atoms with van der Waals surface area (Å²) in [7, 11) is 0. The number of para-hydroxylation sites is 2. The predicted molar refractivity (Wildman–Crippen MR) is 145 cm³/mol. The number of hydrogen-bond acceptors (Lipinski definition) is 3. The number of alkyl halides is 6. The normalized spacial score (nSPS) is 11.9. The highest BCUT2D eigenvalue weighted by Gasteiger charge is 2.36. The van der Waals surface area contributed by atoms with E-state index in [9.17, 15) is 35.9 Å². The Morgan fingerprint density at radius 3 is 2.00 bits per heavy atom. The molecule has 0 bridgehead atoms. The number of aromatic nitrogens is 1. The van der Waals surface area contributed by atoms with Crippen molar-refractivity contribution in [2.24, 2.45) is 5.73 Å². The second kappa shape index (κ2) is 10.7. The van der Waals surface area contributed by atoms with E-state index in [2.05, 4.69) is 4.98 Å². The van der Waals surface area contributed by atoms with E-state index in [0.717, 1.165) is 30.5 Å². The highest BCUT2D eigenvalue weighted by Crippen LogP contribution is 2.42. The van der Waals surface area contributed by atoms with Gasteiger partial charge in [0.15, 0.2) is 5.78 Å². The molecule has 0 aliphatic heterocycles. The quantitative estimate of drug-likeness (QED) is 0.168. The van der Waals surface area contributed by atoms with Crippen molar-refractivity contribution in [2.75, 3.05) is 4.90 Å². The molecule has 5 nitrogen and oxygen atoms in total. The highest BCUT2D eigenvalue weighted by atomic mass is 19.4. The van der Waals surface area contributed by atoms with Crippen molar-refractivity contribution in [3.8, 4) is 11.1 Å². The van der Waals surface area contributed by atoms with Crippen LogP contribution in [0.5, 0.6) is 0 Å². The summed E-state index contributed by atoms with van der Waals surface area (Å²) in [6.45, 7) is 0. The number of carbonyl (C=O) groups is 2. The van der Waals surface area contributed by atoms with Gasteiger partial charge in [0.1, 0.15) is 0 Å². The summed E-state index contributed by atoms with van der Waals surface area (Å²) in [5, 5.41) is -0.0231. The zero-order valence-corrected chi connectivity index (χ0v) is 21.4. The summed E-state index contributed by atoms with van der Waals surface area (Å²) in [6.07, 6.45) is -8.55. The number of halogens is 6. The Labute approximate surface area is 234 Å². The van der Waals surface area contributed by atoms with Gasteiger partial charge in [-0.05, 0) is 35.9 Å². The summed E-state index contributed by atoms with van der Waals surface area (Å²) < 4.78 is 83.2. The summed E-state index contributed by atoms with van der Waals surface area (Å²) in [6, 6.07) is 19.9. The average molecular weight is 580 g/mol. The first-order valence-corrected chi connectivity index (χ1v) is 12.3. The number of carbonyl (C=O) groups excluding carboxylic acids is 2. The Morgan fingerprint density at radius 1 is 0.714 bits per heavy atom. The Kier molecular flexibility index (Phi) is 7.19. The standard InChI is InChI=1S/C31H19F6N3O2/c32-30(33,34)23-13-4-5-15-25(23)40(29(38)42)20-11-6-10-19(16-20)26-21-12-7-14-24(31(35,36)37)27(21)39-17-22(26)28(41)18-8-2-1-3-9-18/h1-17H,(H2,38,42). The number of fused-ring (bicyclic) bond motifs is 1. The minimum atomic E-state index is -4.83. The van der Waals surface area contributed by atoms with Crippen LogP contribution < -0.4 is 10.6 Å². The van der Waals surface area contributed by atoms with Crippen LogP contribution in [0.3, 0.4) is 0 Å². The summed E-state index contributed by atoms with van der Waals surface area (Å²) in [5.74, 6) is -0.544. The molecule has 1 aromatic heterocycles. The van der Waals surface area contributed by atoms with E-state index in [4.69, 9.17) is 5.73 Å². The number of ketones is 1. The van der Waals surface area contributed by atoms with Crippen LogP contribution in [-0.4, -0.2) is 16.8 Å². The van der Waals surface area contributed by atoms with E-state index in [1.165, 1.54) is 54.6 Å². The van der Waals surface area contributed by atoms with Gasteiger partial charge in [-0.25, -0.2) is 4.79 Å². The molecular formula is C31H19F6N3O2. The number of pyridine rings is 1. The molecule has 0 aliphatic carbocycles. The first-order valence-electron chi connectivity index (χ1n) is 12.3. The molecule has 4 aromatic carbocycles. The van der Waals surface area contributed by atoms with Gasteiger partial charge in [0, 0.05) is 28.3 Å². The zero-order chi connectivity index (χ0) is 30.2. The van der Waals surface area contributed by atoms with Crippen LogP contribution in [0, 0.1) is 0 Å². The molecule has 0 radical (unpaired) electrons. The van der Waals surface area contributed by atoms with Gasteiger partial charge in [-0.15, -0.1) is 0 Å². The van der Waals surface area contributed by atoms with E-state index < -0.39 is 46.5 Å². The lowest BCUT2D eigenvalue weighted by atomic mass is 9.91. The summed E-state index contributed by atoms with van der Waals surface area (Å²) in [5.41, 5.74) is 2.69. The molecule has 1 heterocycles. The molecule has 0 saturated carbocycles. The Morgan fingerprint density at radius 2 is 1.33 bits per heavy atom. The fraction of sp³-hybridized carbons (Fsp3) is 0.0645. The fourth-order valence-corrected chi connectivity index (χ4v) is 4.77. The molecule has 5 aromatic rings. The van der Waals surface area contributed by atoms with E-state index in [1.807, 2.05) is 0 Å². The molecule has 0 fully saturated rings. The number of nitrogens with two attached hydrogens (primary N) is 1. The highest BCUT2D eigenvalue weighted by molar-refractivity contribution is 6.17. The zero-order valence-electron chi connectivity index (χ0n) is 21.4. The van der Waals surface area contributed by atoms with Crippen LogP contribution in [0.4, 0.5) is 42.5 Å². The maximum Gasteiger partial charge on any atom is 0.418 e. The SMILES string of the molecule is NC(=O)N(c1cccc(-c2c(C(=O)c3ccccc3)cnc3c(C(F)(F)F)cccc23)c1)c1ccccc1C(F)(F)F. The topological polar surface area (TPSA) is 76.3 Å². The Bertz CT molecular complexity index is 1820. The lowest BCUT2D eigenvalue weighted by Crippen LogP contribution is -2.33. The second-order valence-corrected chi connectivity index (χ2v) is 9.18. The summed E-state index contributed by atoms with van der Waals surface area (Å²) in [4.78, 5) is 30.8. The van der Waals surface area contributed by atoms with Crippen molar-refractivity contribution in [1.29, 1.82) is 0 Å². The minimum absolute atomic E-state index is 0.0231. The van der Waals surface area contributed by atoms with E-state index >= 15 is 0 Å². The molecule has 0 saturated heterocycles. The molecule has 0 spiro atoms. The number of anilines is 2. The monoisotopic (exact) mass is 579 g/mol. The second-order valence-electron chi connectivity index (χ2n) is 9.18. The molecule has 2 N–H and O–H groups in total. The molecule has 0 atom stereocenters. The lowest BCUT2D eigenvalue weighted by molar-refractivity contribution is -0.137. The van der Waals surface area contributed by atoms with Gasteiger partial charge in [0.25, 0.3) is 0 Å². The van der Waals surface area contributed by atoms with Gasteiger partial charge >= 0.3 is 18.4 Å². The number of primary amides is 1. The van der Waals surface area contributed by atoms with Crippen LogP contribution in [0.1, 0.15) is 27.0 Å². The van der Waals surface area contributed by atoms with Crippen molar-refractivity contribution in [1.82, 2.24) is 4.98 Å². The third kappa shape index (κ3) is 5.28. The molecule has 0 aliphatic rings. The molecule has 5 rings (SSSR count). The first kappa shape index (κ1) is 28.3. The van der Waals surface area contributed by atoms with Crippen molar-refractivity contribution in [3.05, 3.63) is 126 Å². The first-order chi connectivity index (χ1) is 19.9. The van der Waals surface area contributed by atoms with Gasteiger partial charge in [-0.3, -0.25) is 14.7 Å². The van der Waals surface area contributed by atoms with Gasteiger partial charge in [-0.1, -0.05) is 66.7 Å². The molecule has 0 unspecified atom stereocenters. The van der Waals surface area contributed by atoms with Crippen LogP contribution in [0.15, 0.2) is 103 Å². The molecular weight excluding hydrogens is 560 g/mol. The number of rotatable bonds is 5. The fourth-order valence-electron chi connectivity index (χ4n) is 4.77. The van der Waals surface area contributed by atoms with Crippen LogP contribution in [0.2, 0.25) is 0 Å². The van der Waals surface area contributed by atoms with E-state index in [0.29, 0.717) is 4.90 Å². The summed E-state index contributed by atoms with van der Waals surface area (Å²) >= 11 is 0. The van der Waals surface area contributed by atoms with E-state index in [-0.39, 0.29) is 33.3 Å². The van der Waals surface area contributed by atoms with Gasteiger partial charge in [0.2, 0.25) is 0 Å².